The van der Waals surface area contributed by atoms with Crippen molar-refractivity contribution in [3.8, 4) is 45.3 Å². The maximum atomic E-state index is 10.1. The van der Waals surface area contributed by atoms with Crippen LogP contribution >= 0.6 is 0 Å². The van der Waals surface area contributed by atoms with Crippen molar-refractivity contribution in [2.24, 2.45) is 0 Å². The van der Waals surface area contributed by atoms with Gasteiger partial charge in [-0.25, -0.2) is 0 Å². The van der Waals surface area contributed by atoms with Crippen LogP contribution in [0.5, 0.6) is 23.0 Å². The van der Waals surface area contributed by atoms with Crippen molar-refractivity contribution in [2.75, 3.05) is 0 Å². The molecule has 0 spiro atoms. The fourth-order valence-electron chi connectivity index (χ4n) is 2.45. The van der Waals surface area contributed by atoms with Gasteiger partial charge in [-0.3, -0.25) is 0 Å². The molecule has 0 radical (unpaired) electrons. The van der Waals surface area contributed by atoms with Gasteiger partial charge in [0.2, 0.25) is 0 Å². The highest BCUT2D eigenvalue weighted by Crippen LogP contribution is 2.44. The van der Waals surface area contributed by atoms with E-state index in [1.165, 1.54) is 12.1 Å². The van der Waals surface area contributed by atoms with Gasteiger partial charge in [0.1, 0.15) is 0 Å². The molecule has 3 aromatic rings. The Morgan fingerprint density at radius 1 is 0.409 bits per heavy atom. The summed E-state index contributed by atoms with van der Waals surface area (Å²) in [7, 11) is 0. The average molecular weight is 294 g/mol. The van der Waals surface area contributed by atoms with E-state index in [2.05, 4.69) is 0 Å². The van der Waals surface area contributed by atoms with Crippen LogP contribution in [-0.4, -0.2) is 20.4 Å². The van der Waals surface area contributed by atoms with Gasteiger partial charge in [-0.15, -0.1) is 0 Å². The summed E-state index contributed by atoms with van der Waals surface area (Å²) < 4.78 is 0. The molecule has 0 bridgehead atoms. The summed E-state index contributed by atoms with van der Waals surface area (Å²) in [5.74, 6) is -0.885. The Kier molecular flexibility index (Phi) is 3.35. The van der Waals surface area contributed by atoms with Crippen LogP contribution in [0.4, 0.5) is 0 Å². The van der Waals surface area contributed by atoms with E-state index in [4.69, 9.17) is 0 Å². The Hall–Kier alpha value is -3.14. The summed E-state index contributed by atoms with van der Waals surface area (Å²) in [6, 6.07) is 16.5. The van der Waals surface area contributed by atoms with Crippen molar-refractivity contribution in [1.29, 1.82) is 0 Å². The number of hydrogen-bond acceptors (Lipinski definition) is 4. The lowest BCUT2D eigenvalue weighted by atomic mass is 9.93. The summed E-state index contributed by atoms with van der Waals surface area (Å²) in [6.45, 7) is 0. The first-order valence-corrected chi connectivity index (χ1v) is 6.71. The van der Waals surface area contributed by atoms with Crippen molar-refractivity contribution in [3.05, 3.63) is 60.7 Å². The van der Waals surface area contributed by atoms with Crippen LogP contribution < -0.4 is 0 Å². The fraction of sp³-hybridized carbons (Fsp3) is 0. The number of aromatic hydroxyl groups is 4. The molecule has 4 nitrogen and oxygen atoms in total. The summed E-state index contributed by atoms with van der Waals surface area (Å²) in [6.07, 6.45) is 0. The first kappa shape index (κ1) is 13.8. The lowest BCUT2D eigenvalue weighted by Crippen LogP contribution is -1.87. The SMILES string of the molecule is Oc1cccc(-c2ccccc2-c2cccc(O)c2O)c1O. The molecular formula is C18H14O4. The van der Waals surface area contributed by atoms with Crippen molar-refractivity contribution in [1.82, 2.24) is 0 Å². The average Bonchev–Trinajstić information content (AvgIpc) is 2.53. The number of benzene rings is 3. The summed E-state index contributed by atoms with van der Waals surface area (Å²) in [4.78, 5) is 0. The van der Waals surface area contributed by atoms with Crippen LogP contribution in [0, 0.1) is 0 Å². The largest absolute Gasteiger partial charge is 0.504 e. The molecule has 0 fully saturated rings. The molecular weight excluding hydrogens is 280 g/mol. The van der Waals surface area contributed by atoms with E-state index >= 15 is 0 Å². The zero-order valence-corrected chi connectivity index (χ0v) is 11.6. The molecule has 0 aliphatic rings. The van der Waals surface area contributed by atoms with Crippen LogP contribution in [0.2, 0.25) is 0 Å². The first-order chi connectivity index (χ1) is 10.6. The van der Waals surface area contributed by atoms with Gasteiger partial charge in [-0.05, 0) is 23.3 Å². The van der Waals surface area contributed by atoms with Gasteiger partial charge in [0.05, 0.1) is 0 Å². The second-order valence-corrected chi connectivity index (χ2v) is 4.89. The van der Waals surface area contributed by atoms with E-state index in [1.807, 2.05) is 0 Å². The van der Waals surface area contributed by atoms with E-state index < -0.39 is 0 Å². The molecule has 4 N–H and O–H groups in total. The van der Waals surface area contributed by atoms with Crippen LogP contribution in [-0.2, 0) is 0 Å². The molecule has 0 heterocycles. The standard InChI is InChI=1S/C18H14O4/c19-15-9-3-7-13(17(15)21)11-5-1-2-6-12(11)14-8-4-10-16(20)18(14)22/h1-10,19-22H. The van der Waals surface area contributed by atoms with Gasteiger partial charge in [-0.1, -0.05) is 48.5 Å². The highest BCUT2D eigenvalue weighted by molar-refractivity contribution is 5.89. The monoisotopic (exact) mass is 294 g/mol. The van der Waals surface area contributed by atoms with Gasteiger partial charge in [0, 0.05) is 11.1 Å². The number of rotatable bonds is 2. The maximum absolute atomic E-state index is 10.1. The normalized spacial score (nSPS) is 10.5. The van der Waals surface area contributed by atoms with Crippen LogP contribution in [0.25, 0.3) is 22.3 Å². The molecule has 0 atom stereocenters. The molecule has 3 rings (SSSR count). The molecule has 0 aliphatic carbocycles. The Balaban J connectivity index is 2.28. The van der Waals surface area contributed by atoms with Crippen LogP contribution in [0.3, 0.4) is 0 Å². The van der Waals surface area contributed by atoms with Gasteiger partial charge in [-0.2, -0.15) is 0 Å². The molecule has 3 aromatic carbocycles. The number of hydrogen-bond donors (Lipinski definition) is 4. The Bertz CT molecular complexity index is 770. The lowest BCUT2D eigenvalue weighted by molar-refractivity contribution is 0.405. The predicted molar refractivity (Wildman–Crippen MR) is 84.0 cm³/mol. The molecule has 0 amide bonds. The summed E-state index contributed by atoms with van der Waals surface area (Å²) in [5.41, 5.74) is 2.16. The zero-order chi connectivity index (χ0) is 15.7. The quantitative estimate of drug-likeness (QED) is 0.541. The Labute approximate surface area is 127 Å². The second kappa shape index (κ2) is 5.33. The molecule has 0 saturated carbocycles. The van der Waals surface area contributed by atoms with Gasteiger partial charge in [0.25, 0.3) is 0 Å². The zero-order valence-electron chi connectivity index (χ0n) is 11.6. The second-order valence-electron chi connectivity index (χ2n) is 4.89. The minimum atomic E-state index is -0.227. The van der Waals surface area contributed by atoms with Gasteiger partial charge < -0.3 is 20.4 Å². The van der Waals surface area contributed by atoms with Crippen molar-refractivity contribution in [3.63, 3.8) is 0 Å². The van der Waals surface area contributed by atoms with Gasteiger partial charge in [0.15, 0.2) is 23.0 Å². The van der Waals surface area contributed by atoms with E-state index in [9.17, 15) is 20.4 Å². The van der Waals surface area contributed by atoms with Gasteiger partial charge >= 0.3 is 0 Å². The van der Waals surface area contributed by atoms with E-state index in [0.717, 1.165) is 0 Å². The smallest absolute Gasteiger partial charge is 0.165 e. The highest BCUT2D eigenvalue weighted by atomic mass is 16.3. The third-order valence-electron chi connectivity index (χ3n) is 3.54. The van der Waals surface area contributed by atoms with E-state index in [0.29, 0.717) is 22.3 Å². The molecule has 0 aromatic heterocycles. The maximum Gasteiger partial charge on any atom is 0.165 e. The fourth-order valence-corrected chi connectivity index (χ4v) is 2.45. The Morgan fingerprint density at radius 2 is 0.773 bits per heavy atom. The minimum Gasteiger partial charge on any atom is -0.504 e. The van der Waals surface area contributed by atoms with Crippen molar-refractivity contribution < 1.29 is 20.4 Å². The van der Waals surface area contributed by atoms with Crippen molar-refractivity contribution >= 4 is 0 Å². The topological polar surface area (TPSA) is 80.9 Å². The summed E-state index contributed by atoms with van der Waals surface area (Å²) in [5, 5.41) is 39.5. The number of phenolic OH excluding ortho intramolecular Hbond substituents is 4. The van der Waals surface area contributed by atoms with Crippen LogP contribution in [0.1, 0.15) is 0 Å². The molecule has 4 heteroatoms. The third kappa shape index (κ3) is 2.20. The third-order valence-corrected chi connectivity index (χ3v) is 3.54. The molecule has 0 saturated heterocycles. The molecule has 22 heavy (non-hydrogen) atoms. The predicted octanol–water partition coefficient (Wildman–Crippen LogP) is 3.84. The van der Waals surface area contributed by atoms with E-state index in [1.54, 1.807) is 48.5 Å². The first-order valence-electron chi connectivity index (χ1n) is 6.71. The molecule has 110 valence electrons. The van der Waals surface area contributed by atoms with E-state index in [-0.39, 0.29) is 23.0 Å². The lowest BCUT2D eigenvalue weighted by Gasteiger charge is -2.13. The van der Waals surface area contributed by atoms with Crippen LogP contribution in [0.15, 0.2) is 60.7 Å². The Morgan fingerprint density at radius 3 is 1.18 bits per heavy atom. The number of para-hydroxylation sites is 2. The minimum absolute atomic E-state index is 0.215. The number of phenols is 4. The molecule has 0 aliphatic heterocycles. The van der Waals surface area contributed by atoms with Crippen molar-refractivity contribution in [2.45, 2.75) is 0 Å². The highest BCUT2D eigenvalue weighted by Gasteiger charge is 2.16. The molecule has 0 unspecified atom stereocenters. The summed E-state index contributed by atoms with van der Waals surface area (Å²) >= 11 is 0.